The van der Waals surface area contributed by atoms with Crippen molar-refractivity contribution in [2.75, 3.05) is 25.1 Å². The molecule has 0 radical (unpaired) electrons. The first-order chi connectivity index (χ1) is 13.4. The van der Waals surface area contributed by atoms with E-state index in [0.29, 0.717) is 41.0 Å². The second-order valence-corrected chi connectivity index (χ2v) is 6.75. The maximum Gasteiger partial charge on any atom is 0.416 e. The highest BCUT2D eigenvalue weighted by Crippen LogP contribution is 2.33. The summed E-state index contributed by atoms with van der Waals surface area (Å²) in [5.74, 6) is 0.444. The lowest BCUT2D eigenvalue weighted by Crippen LogP contribution is -2.37. The third kappa shape index (κ3) is 3.63. The molecule has 3 aromatic rings. The van der Waals surface area contributed by atoms with Gasteiger partial charge in [-0.3, -0.25) is 4.98 Å². The minimum atomic E-state index is -4.40. The first kappa shape index (κ1) is 18.6. The number of anilines is 1. The van der Waals surface area contributed by atoms with Gasteiger partial charge in [-0.1, -0.05) is 12.1 Å². The van der Waals surface area contributed by atoms with E-state index in [0.717, 1.165) is 12.1 Å². The number of aliphatic hydroxyl groups is 1. The fraction of sp³-hybridized carbons (Fsp3) is 0.316. The summed E-state index contributed by atoms with van der Waals surface area (Å²) >= 11 is 0. The van der Waals surface area contributed by atoms with Crippen LogP contribution < -0.4 is 5.32 Å². The van der Waals surface area contributed by atoms with Crippen LogP contribution in [-0.2, 0) is 10.9 Å². The number of aromatic nitrogens is 3. The number of pyridine rings is 1. The molecule has 0 unspecified atom stereocenters. The fourth-order valence-electron chi connectivity index (χ4n) is 3.11. The van der Waals surface area contributed by atoms with E-state index in [2.05, 4.69) is 20.5 Å². The third-order valence-electron chi connectivity index (χ3n) is 4.69. The van der Waals surface area contributed by atoms with Gasteiger partial charge in [-0.25, -0.2) is 0 Å². The van der Waals surface area contributed by atoms with Crippen LogP contribution in [0.2, 0.25) is 0 Å². The quantitative estimate of drug-likeness (QED) is 0.712. The predicted molar refractivity (Wildman–Crippen MR) is 96.6 cm³/mol. The van der Waals surface area contributed by atoms with Gasteiger partial charge in [0.05, 0.1) is 12.2 Å². The topological polar surface area (TPSA) is 80.2 Å². The molecule has 6 nitrogen and oxygen atoms in total. The standard InChI is InChI=1S/C19H17F3N4O2/c20-19(21,22)13-5-3-12(4-6-13)15-16-14(2-1-8-23-16)17(26-25-15)24-10-18(27)7-9-28-11-18/h1-6,8,27H,7,9-11H2,(H,24,26)/t18-/m1/s1. The Labute approximate surface area is 158 Å². The molecule has 4 rings (SSSR count). The van der Waals surface area contributed by atoms with Gasteiger partial charge in [0.1, 0.15) is 16.8 Å². The van der Waals surface area contributed by atoms with Crippen molar-refractivity contribution in [3.63, 3.8) is 0 Å². The van der Waals surface area contributed by atoms with Crippen LogP contribution in [-0.4, -0.2) is 45.6 Å². The summed E-state index contributed by atoms with van der Waals surface area (Å²) in [5.41, 5.74) is -0.319. The van der Waals surface area contributed by atoms with Gasteiger partial charge in [-0.2, -0.15) is 13.2 Å². The minimum absolute atomic E-state index is 0.241. The molecule has 9 heteroatoms. The lowest BCUT2D eigenvalue weighted by molar-refractivity contribution is -0.137. The molecule has 146 valence electrons. The number of nitrogens with one attached hydrogen (secondary N) is 1. The molecule has 0 spiro atoms. The van der Waals surface area contributed by atoms with Gasteiger partial charge in [0, 0.05) is 36.7 Å². The summed E-state index contributed by atoms with van der Waals surface area (Å²) in [4.78, 5) is 4.33. The Balaban J connectivity index is 1.67. The number of ether oxygens (including phenoxy) is 1. The average molecular weight is 390 g/mol. The molecule has 0 amide bonds. The Kier molecular flexibility index (Phi) is 4.64. The van der Waals surface area contributed by atoms with Crippen LogP contribution in [0.15, 0.2) is 42.6 Å². The first-order valence-corrected chi connectivity index (χ1v) is 8.69. The highest BCUT2D eigenvalue weighted by atomic mass is 19.4. The van der Waals surface area contributed by atoms with E-state index in [4.69, 9.17) is 4.74 Å². The number of halogens is 3. The molecule has 1 atom stereocenters. The van der Waals surface area contributed by atoms with Crippen molar-refractivity contribution >= 4 is 16.7 Å². The van der Waals surface area contributed by atoms with Crippen molar-refractivity contribution in [3.8, 4) is 11.3 Å². The number of rotatable bonds is 4. The molecule has 2 N–H and O–H groups in total. The van der Waals surface area contributed by atoms with E-state index in [9.17, 15) is 18.3 Å². The van der Waals surface area contributed by atoms with Crippen molar-refractivity contribution in [1.29, 1.82) is 0 Å². The molecule has 1 aromatic carbocycles. The number of hydrogen-bond donors (Lipinski definition) is 2. The van der Waals surface area contributed by atoms with E-state index in [1.54, 1.807) is 18.3 Å². The summed E-state index contributed by atoms with van der Waals surface area (Å²) in [7, 11) is 0. The van der Waals surface area contributed by atoms with E-state index in [1.165, 1.54) is 12.1 Å². The predicted octanol–water partition coefficient (Wildman–Crippen LogP) is 3.27. The maximum absolute atomic E-state index is 12.8. The highest BCUT2D eigenvalue weighted by Gasteiger charge is 2.32. The van der Waals surface area contributed by atoms with Gasteiger partial charge in [0.25, 0.3) is 0 Å². The van der Waals surface area contributed by atoms with Crippen LogP contribution in [0.1, 0.15) is 12.0 Å². The maximum atomic E-state index is 12.8. The zero-order chi connectivity index (χ0) is 19.8. The first-order valence-electron chi connectivity index (χ1n) is 8.69. The zero-order valence-electron chi connectivity index (χ0n) is 14.7. The van der Waals surface area contributed by atoms with Crippen LogP contribution in [0.5, 0.6) is 0 Å². The van der Waals surface area contributed by atoms with Crippen molar-refractivity contribution in [2.45, 2.75) is 18.2 Å². The molecule has 1 aliphatic heterocycles. The van der Waals surface area contributed by atoms with Crippen molar-refractivity contribution in [2.24, 2.45) is 0 Å². The van der Waals surface area contributed by atoms with Crippen LogP contribution in [0, 0.1) is 0 Å². The van der Waals surface area contributed by atoms with E-state index in [1.807, 2.05) is 0 Å². The van der Waals surface area contributed by atoms with Crippen molar-refractivity contribution < 1.29 is 23.0 Å². The van der Waals surface area contributed by atoms with Crippen molar-refractivity contribution in [1.82, 2.24) is 15.2 Å². The van der Waals surface area contributed by atoms with Gasteiger partial charge >= 0.3 is 6.18 Å². The van der Waals surface area contributed by atoms with Crippen molar-refractivity contribution in [3.05, 3.63) is 48.2 Å². The monoisotopic (exact) mass is 390 g/mol. The molecular formula is C19H17F3N4O2. The Morgan fingerprint density at radius 2 is 1.93 bits per heavy atom. The summed E-state index contributed by atoms with van der Waals surface area (Å²) in [6, 6.07) is 8.25. The molecule has 28 heavy (non-hydrogen) atoms. The fourth-order valence-corrected chi connectivity index (χ4v) is 3.11. The number of hydrogen-bond acceptors (Lipinski definition) is 6. The summed E-state index contributed by atoms with van der Waals surface area (Å²) in [6.45, 7) is 0.984. The number of benzene rings is 1. The van der Waals surface area contributed by atoms with E-state index < -0.39 is 17.3 Å². The molecule has 3 heterocycles. The molecule has 0 saturated carbocycles. The number of nitrogens with zero attached hydrogens (tertiary/aromatic N) is 3. The second kappa shape index (κ2) is 6.99. The summed E-state index contributed by atoms with van der Waals surface area (Å²) in [5, 5.41) is 22.5. The van der Waals surface area contributed by atoms with Gasteiger partial charge < -0.3 is 15.2 Å². The zero-order valence-corrected chi connectivity index (χ0v) is 14.7. The molecule has 2 aromatic heterocycles. The van der Waals surface area contributed by atoms with Gasteiger partial charge in [-0.15, -0.1) is 10.2 Å². The molecule has 0 bridgehead atoms. The Morgan fingerprint density at radius 3 is 2.61 bits per heavy atom. The lowest BCUT2D eigenvalue weighted by Gasteiger charge is -2.21. The molecule has 1 fully saturated rings. The smallest absolute Gasteiger partial charge is 0.386 e. The second-order valence-electron chi connectivity index (χ2n) is 6.75. The molecular weight excluding hydrogens is 373 g/mol. The number of alkyl halides is 3. The van der Waals surface area contributed by atoms with Crippen LogP contribution >= 0.6 is 0 Å². The Bertz CT molecular complexity index is 987. The summed E-state index contributed by atoms with van der Waals surface area (Å²) in [6.07, 6.45) is -2.30. The third-order valence-corrected chi connectivity index (χ3v) is 4.69. The Hall–Kier alpha value is -2.78. The largest absolute Gasteiger partial charge is 0.416 e. The Morgan fingerprint density at radius 1 is 1.14 bits per heavy atom. The molecule has 1 aliphatic rings. The molecule has 1 saturated heterocycles. The van der Waals surface area contributed by atoms with Gasteiger partial charge in [-0.05, 0) is 24.3 Å². The lowest BCUT2D eigenvalue weighted by atomic mass is 10.0. The van der Waals surface area contributed by atoms with Crippen LogP contribution in [0.3, 0.4) is 0 Å². The van der Waals surface area contributed by atoms with Gasteiger partial charge in [0.15, 0.2) is 5.82 Å². The normalized spacial score (nSPS) is 19.9. The van der Waals surface area contributed by atoms with E-state index in [-0.39, 0.29) is 13.2 Å². The minimum Gasteiger partial charge on any atom is -0.386 e. The van der Waals surface area contributed by atoms with Gasteiger partial charge in [0.2, 0.25) is 0 Å². The summed E-state index contributed by atoms with van der Waals surface area (Å²) < 4.78 is 43.6. The SMILES string of the molecule is O[C@@]1(CNc2nnc(-c3ccc(C(F)(F)F)cc3)c3ncccc23)CCOC1. The van der Waals surface area contributed by atoms with E-state index >= 15 is 0 Å². The average Bonchev–Trinajstić information content (AvgIpc) is 3.12. The highest BCUT2D eigenvalue weighted by molar-refractivity contribution is 5.97. The van der Waals surface area contributed by atoms with Crippen LogP contribution in [0.25, 0.3) is 22.2 Å². The number of fused-ring (bicyclic) bond motifs is 1. The van der Waals surface area contributed by atoms with Crippen LogP contribution in [0.4, 0.5) is 19.0 Å². The molecule has 0 aliphatic carbocycles.